The van der Waals surface area contributed by atoms with E-state index in [9.17, 15) is 4.79 Å². The molecule has 0 aliphatic carbocycles. The van der Waals surface area contributed by atoms with Gasteiger partial charge in [-0.25, -0.2) is 4.98 Å². The lowest BCUT2D eigenvalue weighted by Crippen LogP contribution is -2.49. The third-order valence-electron chi connectivity index (χ3n) is 5.53. The molecule has 11 heteroatoms. The monoisotopic (exact) mass is 486 g/mol. The molecule has 2 aromatic heterocycles. The Balaban J connectivity index is 1.48. The Bertz CT molecular complexity index is 1020. The number of aromatic nitrogens is 2. The van der Waals surface area contributed by atoms with Crippen LogP contribution in [-0.2, 0) is 16.1 Å². The molecule has 3 heterocycles. The number of hydrogen-bond donors (Lipinski definition) is 1. The predicted molar refractivity (Wildman–Crippen MR) is 137 cm³/mol. The van der Waals surface area contributed by atoms with Gasteiger partial charge in [-0.2, -0.15) is 10.1 Å². The number of piperazine rings is 1. The van der Waals surface area contributed by atoms with Crippen LogP contribution in [0.1, 0.15) is 31.6 Å². The van der Waals surface area contributed by atoms with Crippen molar-refractivity contribution in [2.24, 2.45) is 10.3 Å². The summed E-state index contributed by atoms with van der Waals surface area (Å²) in [6.07, 6.45) is 5.33. The van der Waals surface area contributed by atoms with Crippen molar-refractivity contribution in [3.05, 3.63) is 36.3 Å². The standard InChI is InChI=1S/C23H34N8O2S/c1-5-10-25-28-31(17(4)6-2)33-15-8-9-20(32)29-11-13-30(14-12-29)21-19-16-18(7-3)34-22(19)27-23(24)26-21/h5-6,16-17H,1-2,7-15H2,3-4H3,(H2,24,26,27). The lowest BCUT2D eigenvalue weighted by Gasteiger charge is -2.35. The van der Waals surface area contributed by atoms with E-state index < -0.39 is 0 Å². The average molecular weight is 487 g/mol. The Morgan fingerprint density at radius 2 is 2.12 bits per heavy atom. The Morgan fingerprint density at radius 3 is 2.79 bits per heavy atom. The van der Waals surface area contributed by atoms with E-state index in [2.05, 4.69) is 51.4 Å². The minimum absolute atomic E-state index is 0.121. The maximum Gasteiger partial charge on any atom is 0.223 e. The van der Waals surface area contributed by atoms with Crippen molar-refractivity contribution in [2.45, 2.75) is 39.2 Å². The van der Waals surface area contributed by atoms with Crippen LogP contribution >= 0.6 is 11.3 Å². The summed E-state index contributed by atoms with van der Waals surface area (Å²) >= 11 is 1.66. The molecule has 1 aliphatic rings. The molecule has 1 amide bonds. The maximum atomic E-state index is 12.7. The first-order chi connectivity index (χ1) is 16.5. The van der Waals surface area contributed by atoms with E-state index in [0.29, 0.717) is 52.2 Å². The number of fused-ring (bicyclic) bond motifs is 1. The topological polar surface area (TPSA) is 113 Å². The van der Waals surface area contributed by atoms with Gasteiger partial charge in [0.15, 0.2) is 0 Å². The van der Waals surface area contributed by atoms with Crippen molar-refractivity contribution >= 4 is 39.2 Å². The molecule has 34 heavy (non-hydrogen) atoms. The number of carbonyl (C=O) groups excluding carboxylic acids is 1. The van der Waals surface area contributed by atoms with Gasteiger partial charge in [0.25, 0.3) is 0 Å². The highest BCUT2D eigenvalue weighted by Gasteiger charge is 2.24. The van der Waals surface area contributed by atoms with Crippen LogP contribution in [0.25, 0.3) is 10.2 Å². The molecule has 1 fully saturated rings. The van der Waals surface area contributed by atoms with Crippen LogP contribution in [0.3, 0.4) is 0 Å². The van der Waals surface area contributed by atoms with Crippen molar-refractivity contribution in [3.63, 3.8) is 0 Å². The quantitative estimate of drug-likeness (QED) is 0.211. The fourth-order valence-corrected chi connectivity index (χ4v) is 4.54. The number of hydrogen-bond acceptors (Lipinski definition) is 9. The zero-order valence-corrected chi connectivity index (χ0v) is 20.8. The molecule has 0 aromatic carbocycles. The molecule has 1 aliphatic heterocycles. The summed E-state index contributed by atoms with van der Waals surface area (Å²) in [4.78, 5) is 33.6. The molecule has 1 atom stereocenters. The van der Waals surface area contributed by atoms with E-state index in [0.717, 1.165) is 22.5 Å². The Labute approximate surface area is 204 Å². The Morgan fingerprint density at radius 1 is 1.35 bits per heavy atom. The van der Waals surface area contributed by atoms with Gasteiger partial charge < -0.3 is 15.5 Å². The van der Waals surface area contributed by atoms with Gasteiger partial charge in [-0.15, -0.1) is 29.7 Å². The molecule has 184 valence electrons. The second kappa shape index (κ2) is 12.4. The van der Waals surface area contributed by atoms with Gasteiger partial charge in [-0.3, -0.25) is 9.63 Å². The first-order valence-electron chi connectivity index (χ1n) is 11.6. The normalized spacial score (nSPS) is 15.1. The second-order valence-corrected chi connectivity index (χ2v) is 9.09. The minimum atomic E-state index is -0.128. The van der Waals surface area contributed by atoms with Crippen LogP contribution in [0, 0.1) is 0 Å². The molecule has 2 N–H and O–H groups in total. The summed E-state index contributed by atoms with van der Waals surface area (Å²) < 4.78 is 0. The lowest BCUT2D eigenvalue weighted by atomic mass is 10.2. The van der Waals surface area contributed by atoms with Crippen LogP contribution in [0.5, 0.6) is 0 Å². The summed E-state index contributed by atoms with van der Waals surface area (Å²) in [5.41, 5.74) is 5.96. The molecule has 0 spiro atoms. The number of carbonyl (C=O) groups is 1. The molecule has 0 bridgehead atoms. The van der Waals surface area contributed by atoms with Crippen LogP contribution in [0.4, 0.5) is 11.8 Å². The summed E-state index contributed by atoms with van der Waals surface area (Å²) in [7, 11) is 0. The molecular formula is C23H34N8O2S. The number of hydroxylamine groups is 1. The van der Waals surface area contributed by atoms with Crippen LogP contribution < -0.4 is 10.6 Å². The van der Waals surface area contributed by atoms with Crippen LogP contribution in [0.15, 0.2) is 41.7 Å². The SMILES string of the molecule is C=CCN=NN(OCCCC(=O)N1CCN(c2nc(N)nc3sc(CC)cc23)CC1)C(C)C=C. The smallest absolute Gasteiger partial charge is 0.223 e. The second-order valence-electron chi connectivity index (χ2n) is 7.98. The predicted octanol–water partition coefficient (Wildman–Crippen LogP) is 3.63. The largest absolute Gasteiger partial charge is 0.368 e. The first-order valence-corrected chi connectivity index (χ1v) is 12.4. The number of rotatable bonds is 12. The van der Waals surface area contributed by atoms with Gasteiger partial charge in [-0.05, 0) is 31.1 Å². The number of nitrogens with zero attached hydrogens (tertiary/aromatic N) is 7. The molecule has 3 rings (SSSR count). The Kier molecular flexibility index (Phi) is 9.34. The lowest BCUT2D eigenvalue weighted by molar-refractivity contribution is -0.181. The van der Waals surface area contributed by atoms with E-state index >= 15 is 0 Å². The zero-order valence-electron chi connectivity index (χ0n) is 20.0. The highest BCUT2D eigenvalue weighted by atomic mass is 32.1. The number of aryl methyl sites for hydroxylation is 1. The van der Waals surface area contributed by atoms with Gasteiger partial charge in [0.1, 0.15) is 10.6 Å². The minimum Gasteiger partial charge on any atom is -0.368 e. The highest BCUT2D eigenvalue weighted by molar-refractivity contribution is 7.18. The molecule has 0 radical (unpaired) electrons. The summed E-state index contributed by atoms with van der Waals surface area (Å²) in [5, 5.41) is 10.5. The number of nitrogens with two attached hydrogens (primary N) is 1. The third kappa shape index (κ3) is 6.51. The summed E-state index contributed by atoms with van der Waals surface area (Å²) in [5.74, 6) is 1.27. The fourth-order valence-electron chi connectivity index (χ4n) is 3.57. The van der Waals surface area contributed by atoms with Crippen molar-refractivity contribution in [1.29, 1.82) is 0 Å². The van der Waals surface area contributed by atoms with Crippen LogP contribution in [-0.4, -0.2) is 71.3 Å². The van der Waals surface area contributed by atoms with E-state index in [4.69, 9.17) is 10.6 Å². The Hall–Kier alpha value is -3.05. The van der Waals surface area contributed by atoms with E-state index in [1.54, 1.807) is 23.5 Å². The van der Waals surface area contributed by atoms with Crippen LogP contribution in [0.2, 0.25) is 0 Å². The molecular weight excluding hydrogens is 452 g/mol. The molecule has 1 unspecified atom stereocenters. The third-order valence-corrected chi connectivity index (χ3v) is 6.70. The van der Waals surface area contributed by atoms with E-state index in [-0.39, 0.29) is 17.9 Å². The van der Waals surface area contributed by atoms with Gasteiger partial charge in [0.2, 0.25) is 11.9 Å². The highest BCUT2D eigenvalue weighted by Crippen LogP contribution is 2.32. The average Bonchev–Trinajstić information content (AvgIpc) is 3.27. The first kappa shape index (κ1) is 25.6. The van der Waals surface area contributed by atoms with E-state index in [1.807, 2.05) is 11.8 Å². The molecule has 0 saturated carbocycles. The summed E-state index contributed by atoms with van der Waals surface area (Å²) in [6.45, 7) is 14.9. The fraction of sp³-hybridized carbons (Fsp3) is 0.522. The number of nitrogen functional groups attached to an aromatic ring is 1. The number of anilines is 2. The summed E-state index contributed by atoms with van der Waals surface area (Å²) in [6, 6.07) is 2.02. The van der Waals surface area contributed by atoms with Gasteiger partial charge in [0.05, 0.1) is 24.6 Å². The number of thiophene rings is 1. The maximum absolute atomic E-state index is 12.7. The molecule has 10 nitrogen and oxygen atoms in total. The van der Waals surface area contributed by atoms with Crippen molar-refractivity contribution in [2.75, 3.05) is 50.0 Å². The molecule has 1 saturated heterocycles. The van der Waals surface area contributed by atoms with Crippen molar-refractivity contribution < 1.29 is 9.63 Å². The van der Waals surface area contributed by atoms with Crippen molar-refractivity contribution in [3.8, 4) is 0 Å². The van der Waals surface area contributed by atoms with Gasteiger partial charge >= 0.3 is 0 Å². The van der Waals surface area contributed by atoms with Crippen molar-refractivity contribution in [1.82, 2.24) is 20.0 Å². The van der Waals surface area contributed by atoms with Gasteiger partial charge in [-0.1, -0.05) is 19.1 Å². The van der Waals surface area contributed by atoms with E-state index in [1.165, 1.54) is 10.0 Å². The number of amides is 1. The molecule has 2 aromatic rings. The zero-order chi connectivity index (χ0) is 24.5. The van der Waals surface area contributed by atoms with Gasteiger partial charge in [0, 0.05) is 37.5 Å².